The van der Waals surface area contributed by atoms with Gasteiger partial charge in [-0.05, 0) is 0 Å². The van der Waals surface area contributed by atoms with Gasteiger partial charge >= 0.3 is 0 Å². The number of hydrogen-bond donors (Lipinski definition) is 3. The zero-order valence-electron chi connectivity index (χ0n) is 9.90. The largest absolute Gasteiger partial charge is 0.388 e. The fourth-order valence-corrected chi connectivity index (χ4v) is 1.84. The zero-order valence-corrected chi connectivity index (χ0v) is 9.90. The second kappa shape index (κ2) is 5.94. The minimum Gasteiger partial charge on any atom is -0.388 e. The smallest absolute Gasteiger partial charge is 0.222 e. The van der Waals surface area contributed by atoms with Crippen LogP contribution in [0.2, 0.25) is 0 Å². The van der Waals surface area contributed by atoms with E-state index in [0.29, 0.717) is 6.54 Å². The lowest BCUT2D eigenvalue weighted by atomic mass is 10.0. The van der Waals surface area contributed by atoms with Crippen LogP contribution >= 0.6 is 0 Å². The molecule has 0 radical (unpaired) electrons. The van der Waals surface area contributed by atoms with Gasteiger partial charge in [-0.1, -0.05) is 0 Å². The van der Waals surface area contributed by atoms with E-state index >= 15 is 0 Å². The summed E-state index contributed by atoms with van der Waals surface area (Å²) in [6.07, 6.45) is 3.42. The Morgan fingerprint density at radius 3 is 3.06 bits per heavy atom. The SMILES string of the molecule is O=C(CCn1ccnc1)N[C@@H]1COC[C@@H](O)[C@H]1O. The molecule has 0 unspecified atom stereocenters. The minimum absolute atomic E-state index is 0.0998. The Morgan fingerprint density at radius 2 is 2.33 bits per heavy atom. The Bertz CT molecular complexity index is 382. The predicted molar refractivity (Wildman–Crippen MR) is 61.6 cm³/mol. The molecule has 0 saturated carbocycles. The van der Waals surface area contributed by atoms with Crippen LogP contribution < -0.4 is 5.32 Å². The van der Waals surface area contributed by atoms with E-state index in [4.69, 9.17) is 4.74 Å². The van der Waals surface area contributed by atoms with Gasteiger partial charge < -0.3 is 24.8 Å². The van der Waals surface area contributed by atoms with E-state index in [1.807, 2.05) is 0 Å². The monoisotopic (exact) mass is 255 g/mol. The summed E-state index contributed by atoms with van der Waals surface area (Å²) in [5.41, 5.74) is 0. The van der Waals surface area contributed by atoms with Crippen molar-refractivity contribution in [2.24, 2.45) is 0 Å². The Kier molecular flexibility index (Phi) is 4.29. The third kappa shape index (κ3) is 3.28. The molecule has 2 heterocycles. The van der Waals surface area contributed by atoms with E-state index in [9.17, 15) is 15.0 Å². The van der Waals surface area contributed by atoms with Crippen molar-refractivity contribution in [3.8, 4) is 0 Å². The van der Waals surface area contributed by atoms with Gasteiger partial charge in [0.25, 0.3) is 0 Å². The molecule has 1 saturated heterocycles. The number of imidazole rings is 1. The molecule has 1 fully saturated rings. The first-order valence-corrected chi connectivity index (χ1v) is 5.86. The van der Waals surface area contributed by atoms with E-state index in [1.165, 1.54) is 0 Å². The number of aliphatic hydroxyl groups is 2. The van der Waals surface area contributed by atoms with Crippen molar-refractivity contribution >= 4 is 5.91 Å². The summed E-state index contributed by atoms with van der Waals surface area (Å²) in [4.78, 5) is 15.5. The lowest BCUT2D eigenvalue weighted by Crippen LogP contribution is -2.55. The average molecular weight is 255 g/mol. The molecule has 1 amide bonds. The molecule has 0 aliphatic carbocycles. The molecule has 1 aromatic rings. The van der Waals surface area contributed by atoms with Crippen LogP contribution in [0.3, 0.4) is 0 Å². The summed E-state index contributed by atoms with van der Waals surface area (Å²) in [6.45, 7) is 0.843. The first-order chi connectivity index (χ1) is 8.66. The summed E-state index contributed by atoms with van der Waals surface area (Å²) in [5.74, 6) is -0.189. The van der Waals surface area contributed by atoms with Crippen LogP contribution in [0, 0.1) is 0 Å². The van der Waals surface area contributed by atoms with E-state index < -0.39 is 18.2 Å². The summed E-state index contributed by atoms with van der Waals surface area (Å²) < 4.78 is 6.87. The number of aromatic nitrogens is 2. The van der Waals surface area contributed by atoms with E-state index in [0.717, 1.165) is 0 Å². The highest BCUT2D eigenvalue weighted by Crippen LogP contribution is 2.08. The fourth-order valence-electron chi connectivity index (χ4n) is 1.84. The van der Waals surface area contributed by atoms with Crippen LogP contribution in [0.5, 0.6) is 0 Å². The third-order valence-corrected chi connectivity index (χ3v) is 2.90. The summed E-state index contributed by atoms with van der Waals surface area (Å²) in [5, 5.41) is 21.7. The van der Waals surface area contributed by atoms with Crippen molar-refractivity contribution < 1.29 is 19.7 Å². The number of carbonyl (C=O) groups is 1. The predicted octanol–water partition coefficient (Wildman–Crippen LogP) is -1.49. The van der Waals surface area contributed by atoms with Gasteiger partial charge in [-0.3, -0.25) is 4.79 Å². The van der Waals surface area contributed by atoms with E-state index in [1.54, 1.807) is 23.3 Å². The second-order valence-corrected chi connectivity index (χ2v) is 4.32. The first-order valence-electron chi connectivity index (χ1n) is 5.86. The van der Waals surface area contributed by atoms with Gasteiger partial charge in [0.15, 0.2) is 0 Å². The van der Waals surface area contributed by atoms with Crippen LogP contribution in [0.4, 0.5) is 0 Å². The summed E-state index contributed by atoms with van der Waals surface area (Å²) in [7, 11) is 0. The van der Waals surface area contributed by atoms with Gasteiger partial charge in [0.2, 0.25) is 5.91 Å². The van der Waals surface area contributed by atoms with Crippen molar-refractivity contribution in [3.05, 3.63) is 18.7 Å². The molecule has 1 aliphatic rings. The molecule has 0 aromatic carbocycles. The van der Waals surface area contributed by atoms with Crippen LogP contribution in [-0.4, -0.2) is 57.1 Å². The van der Waals surface area contributed by atoms with Crippen LogP contribution in [0.1, 0.15) is 6.42 Å². The molecule has 3 N–H and O–H groups in total. The Hall–Kier alpha value is -1.44. The Labute approximate surface area is 104 Å². The highest BCUT2D eigenvalue weighted by atomic mass is 16.5. The molecule has 3 atom stereocenters. The molecular weight excluding hydrogens is 238 g/mol. The van der Waals surface area contributed by atoms with Gasteiger partial charge in [-0.15, -0.1) is 0 Å². The molecule has 1 aliphatic heterocycles. The first kappa shape index (κ1) is 13.0. The highest BCUT2D eigenvalue weighted by molar-refractivity contribution is 5.76. The van der Waals surface area contributed by atoms with Crippen LogP contribution in [0.15, 0.2) is 18.7 Å². The molecule has 7 heteroatoms. The van der Waals surface area contributed by atoms with Crippen molar-refractivity contribution in [3.63, 3.8) is 0 Å². The maximum atomic E-state index is 11.7. The maximum absolute atomic E-state index is 11.7. The van der Waals surface area contributed by atoms with Crippen molar-refractivity contribution in [2.45, 2.75) is 31.2 Å². The number of nitrogens with zero attached hydrogens (tertiary/aromatic N) is 2. The molecule has 1 aromatic heterocycles. The Balaban J connectivity index is 1.76. The molecule has 18 heavy (non-hydrogen) atoms. The van der Waals surface area contributed by atoms with Gasteiger partial charge in [0, 0.05) is 25.4 Å². The number of hydrogen-bond acceptors (Lipinski definition) is 5. The van der Waals surface area contributed by atoms with Crippen molar-refractivity contribution in [1.82, 2.24) is 14.9 Å². The Morgan fingerprint density at radius 1 is 1.50 bits per heavy atom. The lowest BCUT2D eigenvalue weighted by Gasteiger charge is -2.32. The number of ether oxygens (including phenoxy) is 1. The topological polar surface area (TPSA) is 96.6 Å². The molecule has 0 spiro atoms. The van der Waals surface area contributed by atoms with E-state index in [-0.39, 0.29) is 25.5 Å². The lowest BCUT2D eigenvalue weighted by molar-refractivity contribution is -0.131. The molecular formula is C11H17N3O4. The standard InChI is InChI=1S/C11H17N3O4/c15-9-6-18-5-8(11(9)17)13-10(16)1-3-14-4-2-12-7-14/h2,4,7-9,11,15,17H,1,3,5-6H2,(H,13,16)/t8-,9-,11+/m1/s1. The number of rotatable bonds is 4. The molecule has 0 bridgehead atoms. The summed E-state index contributed by atoms with van der Waals surface area (Å²) in [6, 6.07) is -0.552. The van der Waals surface area contributed by atoms with Crippen molar-refractivity contribution in [1.29, 1.82) is 0 Å². The van der Waals surface area contributed by atoms with Gasteiger partial charge in [-0.25, -0.2) is 4.98 Å². The van der Waals surface area contributed by atoms with Crippen molar-refractivity contribution in [2.75, 3.05) is 13.2 Å². The number of aliphatic hydroxyl groups excluding tert-OH is 2. The second-order valence-electron chi connectivity index (χ2n) is 4.32. The van der Waals surface area contributed by atoms with Crippen LogP contribution in [-0.2, 0) is 16.1 Å². The molecule has 7 nitrogen and oxygen atoms in total. The zero-order chi connectivity index (χ0) is 13.0. The number of nitrogens with one attached hydrogen (secondary N) is 1. The average Bonchev–Trinajstić information content (AvgIpc) is 2.86. The number of aryl methyl sites for hydroxylation is 1. The van der Waals surface area contributed by atoms with Crippen LogP contribution in [0.25, 0.3) is 0 Å². The normalized spacial score (nSPS) is 28.0. The fraction of sp³-hybridized carbons (Fsp3) is 0.636. The van der Waals surface area contributed by atoms with Gasteiger partial charge in [0.1, 0.15) is 12.2 Å². The highest BCUT2D eigenvalue weighted by Gasteiger charge is 2.32. The maximum Gasteiger partial charge on any atom is 0.222 e. The summed E-state index contributed by atoms with van der Waals surface area (Å²) >= 11 is 0. The quantitative estimate of drug-likeness (QED) is 0.609. The number of carbonyl (C=O) groups excluding carboxylic acids is 1. The minimum atomic E-state index is -0.976. The third-order valence-electron chi connectivity index (χ3n) is 2.90. The van der Waals surface area contributed by atoms with E-state index in [2.05, 4.69) is 10.3 Å². The van der Waals surface area contributed by atoms with Gasteiger partial charge in [-0.2, -0.15) is 0 Å². The molecule has 2 rings (SSSR count). The number of amides is 1. The molecule has 100 valence electrons. The van der Waals surface area contributed by atoms with Gasteiger partial charge in [0.05, 0.1) is 25.6 Å².